The highest BCUT2D eigenvalue weighted by Gasteiger charge is 2.26. The molecule has 0 aromatic carbocycles. The van der Waals surface area contributed by atoms with E-state index in [0.29, 0.717) is 12.8 Å². The third-order valence-corrected chi connectivity index (χ3v) is 3.59. The molecular weight excluding hydrogens is 152 g/mol. The molecule has 1 atom stereocenters. The zero-order chi connectivity index (χ0) is 7.61. The fourth-order valence-electron chi connectivity index (χ4n) is 1.19. The van der Waals surface area contributed by atoms with E-state index in [4.69, 9.17) is 0 Å². The van der Waals surface area contributed by atoms with Crippen LogP contribution in [0.5, 0.6) is 0 Å². The molecule has 4 heteroatoms. The zero-order valence-electron chi connectivity index (χ0n) is 5.62. The maximum Gasteiger partial charge on any atom is 0.150 e. The van der Waals surface area contributed by atoms with E-state index in [1.54, 1.807) is 0 Å². The molecule has 0 aliphatic carbocycles. The van der Waals surface area contributed by atoms with Crippen LogP contribution in [0.15, 0.2) is 0 Å². The molecule has 1 aliphatic heterocycles. The maximum absolute atomic E-state index is 10.8. The number of sulfone groups is 1. The van der Waals surface area contributed by atoms with Crippen LogP contribution in [0.1, 0.15) is 12.8 Å². The Balaban J connectivity index is 2.51. The lowest BCUT2D eigenvalue weighted by atomic mass is 10.1. The van der Waals surface area contributed by atoms with Gasteiger partial charge >= 0.3 is 0 Å². The third-order valence-electron chi connectivity index (χ3n) is 1.76. The summed E-state index contributed by atoms with van der Waals surface area (Å²) in [6, 6.07) is 0. The van der Waals surface area contributed by atoms with E-state index in [-0.39, 0.29) is 17.4 Å². The van der Waals surface area contributed by atoms with Crippen molar-refractivity contribution in [2.24, 2.45) is 5.92 Å². The zero-order valence-corrected chi connectivity index (χ0v) is 6.43. The molecule has 0 aromatic rings. The van der Waals surface area contributed by atoms with Gasteiger partial charge in [-0.1, -0.05) is 0 Å². The van der Waals surface area contributed by atoms with E-state index in [2.05, 4.69) is 0 Å². The van der Waals surface area contributed by atoms with Gasteiger partial charge in [0.2, 0.25) is 0 Å². The van der Waals surface area contributed by atoms with Gasteiger partial charge in [-0.05, 0) is 12.3 Å². The molecule has 0 bridgehead atoms. The quantitative estimate of drug-likeness (QED) is 0.537. The summed E-state index contributed by atoms with van der Waals surface area (Å²) in [6.45, 7) is 0. The van der Waals surface area contributed by atoms with Crippen LogP contribution in [0.4, 0.5) is 0 Å². The van der Waals surface area contributed by atoms with Gasteiger partial charge in [-0.25, -0.2) is 8.42 Å². The van der Waals surface area contributed by atoms with Crippen LogP contribution in [-0.2, 0) is 14.6 Å². The Labute approximate surface area is 60.3 Å². The number of hydrogen-bond acceptors (Lipinski definition) is 3. The van der Waals surface area contributed by atoms with Crippen LogP contribution in [0.3, 0.4) is 0 Å². The minimum absolute atomic E-state index is 0.0995. The molecule has 1 fully saturated rings. The average Bonchev–Trinajstić information content (AvgIpc) is 2.12. The molecule has 0 spiro atoms. The van der Waals surface area contributed by atoms with Crippen molar-refractivity contribution >= 4 is 16.1 Å². The molecule has 1 heterocycles. The fourth-order valence-corrected chi connectivity index (χ4v) is 3.07. The molecule has 10 heavy (non-hydrogen) atoms. The monoisotopic (exact) mass is 162 g/mol. The first-order valence-electron chi connectivity index (χ1n) is 3.28. The van der Waals surface area contributed by atoms with Crippen LogP contribution in [0.25, 0.3) is 0 Å². The van der Waals surface area contributed by atoms with Gasteiger partial charge in [-0.15, -0.1) is 0 Å². The lowest BCUT2D eigenvalue weighted by Gasteiger charge is -1.97. The summed E-state index contributed by atoms with van der Waals surface area (Å²) in [6.07, 6.45) is 1.87. The topological polar surface area (TPSA) is 51.2 Å². The van der Waals surface area contributed by atoms with Crippen LogP contribution in [0, 0.1) is 5.92 Å². The van der Waals surface area contributed by atoms with Crippen LogP contribution < -0.4 is 0 Å². The van der Waals surface area contributed by atoms with Crippen LogP contribution >= 0.6 is 0 Å². The van der Waals surface area contributed by atoms with Crippen molar-refractivity contribution in [3.05, 3.63) is 0 Å². The third kappa shape index (κ3) is 1.80. The van der Waals surface area contributed by atoms with Gasteiger partial charge in [-0.3, -0.25) is 0 Å². The van der Waals surface area contributed by atoms with Gasteiger partial charge in [0, 0.05) is 6.42 Å². The molecule has 0 N–H and O–H groups in total. The van der Waals surface area contributed by atoms with Crippen molar-refractivity contribution in [1.82, 2.24) is 0 Å². The summed E-state index contributed by atoms with van der Waals surface area (Å²) in [4.78, 5) is 9.98. The Morgan fingerprint density at radius 2 is 2.20 bits per heavy atom. The van der Waals surface area contributed by atoms with Gasteiger partial charge < -0.3 is 4.79 Å². The fraction of sp³-hybridized carbons (Fsp3) is 0.833. The number of hydrogen-bond donors (Lipinski definition) is 0. The summed E-state index contributed by atoms with van der Waals surface area (Å²) in [7, 11) is -2.78. The maximum atomic E-state index is 10.8. The van der Waals surface area contributed by atoms with Gasteiger partial charge in [0.05, 0.1) is 11.5 Å². The van der Waals surface area contributed by atoms with E-state index >= 15 is 0 Å². The molecule has 3 nitrogen and oxygen atoms in total. The Morgan fingerprint density at radius 3 is 2.60 bits per heavy atom. The summed E-state index contributed by atoms with van der Waals surface area (Å²) in [5, 5.41) is 0. The largest absolute Gasteiger partial charge is 0.303 e. The first-order chi connectivity index (χ1) is 4.64. The summed E-state index contributed by atoms with van der Waals surface area (Å²) in [5.74, 6) is 0.583. The van der Waals surface area contributed by atoms with E-state index < -0.39 is 9.84 Å². The second-order valence-corrected chi connectivity index (χ2v) is 4.90. The second-order valence-electron chi connectivity index (χ2n) is 2.67. The smallest absolute Gasteiger partial charge is 0.150 e. The predicted octanol–water partition coefficient (Wildman–Crippen LogP) is 0.0101. The number of carbonyl (C=O) groups is 1. The summed E-state index contributed by atoms with van der Waals surface area (Å²) in [5.41, 5.74) is 0. The van der Waals surface area contributed by atoms with Crippen molar-refractivity contribution in [1.29, 1.82) is 0 Å². The van der Waals surface area contributed by atoms with E-state index in [0.717, 1.165) is 6.29 Å². The van der Waals surface area contributed by atoms with Crippen molar-refractivity contribution in [2.75, 3.05) is 11.5 Å². The molecule has 1 saturated heterocycles. The highest BCUT2D eigenvalue weighted by molar-refractivity contribution is 7.91. The molecule has 1 unspecified atom stereocenters. The lowest BCUT2D eigenvalue weighted by molar-refractivity contribution is -0.108. The summed E-state index contributed by atoms with van der Waals surface area (Å²) >= 11 is 0. The molecule has 0 radical (unpaired) electrons. The molecule has 58 valence electrons. The average molecular weight is 162 g/mol. The Morgan fingerprint density at radius 1 is 1.50 bits per heavy atom. The molecule has 0 saturated carbocycles. The Kier molecular flexibility index (Phi) is 2.08. The SMILES string of the molecule is O=CCC1CCS(=O)(=O)C1. The first-order valence-corrected chi connectivity index (χ1v) is 5.10. The number of aldehydes is 1. The molecule has 1 rings (SSSR count). The minimum Gasteiger partial charge on any atom is -0.303 e. The van der Waals surface area contributed by atoms with Crippen LogP contribution in [0.2, 0.25) is 0 Å². The Hall–Kier alpha value is -0.380. The molecule has 1 aliphatic rings. The van der Waals surface area contributed by atoms with E-state index in [1.807, 2.05) is 0 Å². The minimum atomic E-state index is -2.78. The summed E-state index contributed by atoms with van der Waals surface area (Å²) < 4.78 is 21.6. The van der Waals surface area contributed by atoms with Crippen molar-refractivity contribution in [3.8, 4) is 0 Å². The van der Waals surface area contributed by atoms with Crippen LogP contribution in [-0.4, -0.2) is 26.2 Å². The van der Waals surface area contributed by atoms with E-state index in [9.17, 15) is 13.2 Å². The standard InChI is InChI=1S/C6H10O3S/c7-3-1-6-2-4-10(8,9)5-6/h3,6H,1-2,4-5H2. The number of rotatable bonds is 2. The molecule has 0 amide bonds. The molecular formula is C6H10O3S. The van der Waals surface area contributed by atoms with Gasteiger partial charge in [-0.2, -0.15) is 0 Å². The first kappa shape index (κ1) is 7.72. The Bertz CT molecular complexity index is 217. The van der Waals surface area contributed by atoms with Crippen molar-refractivity contribution < 1.29 is 13.2 Å². The second kappa shape index (κ2) is 2.70. The van der Waals surface area contributed by atoms with Crippen molar-refractivity contribution in [3.63, 3.8) is 0 Å². The highest BCUT2D eigenvalue weighted by atomic mass is 32.2. The highest BCUT2D eigenvalue weighted by Crippen LogP contribution is 2.19. The van der Waals surface area contributed by atoms with Gasteiger partial charge in [0.25, 0.3) is 0 Å². The number of carbonyl (C=O) groups excluding carboxylic acids is 1. The predicted molar refractivity (Wildman–Crippen MR) is 37.4 cm³/mol. The van der Waals surface area contributed by atoms with Crippen molar-refractivity contribution in [2.45, 2.75) is 12.8 Å². The molecule has 0 aromatic heterocycles. The normalized spacial score (nSPS) is 30.2. The van der Waals surface area contributed by atoms with Gasteiger partial charge in [0.1, 0.15) is 6.29 Å². The lowest BCUT2D eigenvalue weighted by Crippen LogP contribution is -2.04. The van der Waals surface area contributed by atoms with E-state index in [1.165, 1.54) is 0 Å². The van der Waals surface area contributed by atoms with Gasteiger partial charge in [0.15, 0.2) is 9.84 Å².